The van der Waals surface area contributed by atoms with Crippen molar-refractivity contribution < 1.29 is 54.7 Å². The summed E-state index contributed by atoms with van der Waals surface area (Å²) in [4.78, 5) is 0. The fourth-order valence-electron chi connectivity index (χ4n) is 13.9. The van der Waals surface area contributed by atoms with Gasteiger partial charge in [0.15, 0.2) is 12.1 Å². The summed E-state index contributed by atoms with van der Waals surface area (Å²) in [5, 5.41) is 77.8. The highest BCUT2D eigenvalue weighted by Crippen LogP contribution is 2.90. The van der Waals surface area contributed by atoms with Crippen molar-refractivity contribution in [2.24, 2.45) is 50.7 Å². The van der Waals surface area contributed by atoms with Gasteiger partial charge in [-0.3, -0.25) is 0 Å². The maximum Gasteiger partial charge on any atom is 0.199 e. The SMILES string of the molecule is CC(C)(O)[C@@H]1O[C@@]23O[C@@H]1C[C@@H](CO)[C@@H]2[C@@]1(C)[C@H](O)C[C@]24C[C@]25CC[C@H](O[C@H]2OC[C@H](O)[C@H](O)[C@H]2O)C(C)(C)[C@H]5CC[C@H]4[C@]1(C)[C@H]3O. The van der Waals surface area contributed by atoms with Gasteiger partial charge in [0, 0.05) is 23.4 Å². The summed E-state index contributed by atoms with van der Waals surface area (Å²) in [5.74, 6) is -1.73. The van der Waals surface area contributed by atoms with Gasteiger partial charge in [-0.15, -0.1) is 0 Å². The molecule has 3 saturated heterocycles. The molecule has 8 fully saturated rings. The molecule has 2 bridgehead atoms. The van der Waals surface area contributed by atoms with E-state index in [0.717, 1.165) is 32.1 Å². The first-order valence-electron chi connectivity index (χ1n) is 17.7. The van der Waals surface area contributed by atoms with Crippen LogP contribution in [0, 0.1) is 50.7 Å². The summed E-state index contributed by atoms with van der Waals surface area (Å²) in [6, 6.07) is 0. The largest absolute Gasteiger partial charge is 0.396 e. The molecular weight excluding hydrogens is 596 g/mol. The standard InChI is InChI=1S/C35H56O11/c1-29(2)19-7-8-20-31(5)28(41)35-25(16(13-36)11-18(45-35)26(46-35)30(3,4)42)32(31,6)21(38)12-34(20)15-33(19,34)10-9-22(29)44-27-24(40)23(39)17(37)14-43-27/h16-28,36-42H,7-15H2,1-6H3/t16-,17-,18+,19+,20-,21+,22-,23-,24+,25+,26+,27+,28+,31+,32+,33-,34+,35-/m0/s1. The van der Waals surface area contributed by atoms with Crippen LogP contribution in [-0.2, 0) is 18.9 Å². The molecule has 8 rings (SSSR count). The number of fused-ring (bicyclic) bond motifs is 4. The Labute approximate surface area is 271 Å². The number of aliphatic hydroxyl groups excluding tert-OH is 6. The molecule has 0 aromatic rings. The van der Waals surface area contributed by atoms with Crippen molar-refractivity contribution in [2.75, 3.05) is 13.2 Å². The monoisotopic (exact) mass is 652 g/mol. The van der Waals surface area contributed by atoms with Crippen molar-refractivity contribution in [1.29, 1.82) is 0 Å². The fourth-order valence-corrected chi connectivity index (χ4v) is 13.9. The maximum absolute atomic E-state index is 12.7. The molecule has 8 aliphatic rings. The lowest BCUT2D eigenvalue weighted by atomic mass is 9.40. The van der Waals surface area contributed by atoms with Gasteiger partial charge in [-0.2, -0.15) is 0 Å². The van der Waals surface area contributed by atoms with E-state index in [9.17, 15) is 35.7 Å². The van der Waals surface area contributed by atoms with E-state index in [0.29, 0.717) is 12.8 Å². The van der Waals surface area contributed by atoms with E-state index < -0.39 is 77.2 Å². The summed E-state index contributed by atoms with van der Waals surface area (Å²) < 4.78 is 25.5. The second-order valence-corrected chi connectivity index (χ2v) is 18.3. The molecule has 0 amide bonds. The quantitative estimate of drug-likeness (QED) is 0.216. The molecule has 0 aromatic carbocycles. The Morgan fingerprint density at radius 3 is 2.24 bits per heavy atom. The van der Waals surface area contributed by atoms with Crippen molar-refractivity contribution in [3.63, 3.8) is 0 Å². The van der Waals surface area contributed by atoms with Gasteiger partial charge in [0.05, 0.1) is 30.5 Å². The summed E-state index contributed by atoms with van der Waals surface area (Å²) >= 11 is 0. The second-order valence-electron chi connectivity index (χ2n) is 18.3. The van der Waals surface area contributed by atoms with E-state index in [1.54, 1.807) is 13.8 Å². The van der Waals surface area contributed by atoms with E-state index in [-0.39, 0.29) is 53.3 Å². The lowest BCUT2D eigenvalue weighted by molar-refractivity contribution is -0.304. The zero-order valence-electron chi connectivity index (χ0n) is 28.1. The average molecular weight is 653 g/mol. The molecule has 3 spiro atoms. The maximum atomic E-state index is 12.7. The Kier molecular flexibility index (Phi) is 6.88. The van der Waals surface area contributed by atoms with Crippen LogP contribution in [-0.4, -0.2) is 115 Å². The Morgan fingerprint density at radius 2 is 1.57 bits per heavy atom. The summed E-state index contributed by atoms with van der Waals surface area (Å²) in [6.07, 6.45) is -2.52. The molecule has 0 radical (unpaired) electrons. The molecule has 3 aliphatic heterocycles. The molecule has 5 saturated carbocycles. The van der Waals surface area contributed by atoms with Crippen molar-refractivity contribution in [1.82, 2.24) is 0 Å². The molecule has 18 atom stereocenters. The lowest BCUT2D eigenvalue weighted by Crippen LogP contribution is -2.64. The molecular formula is C35H56O11. The number of hydrogen-bond acceptors (Lipinski definition) is 11. The molecule has 7 N–H and O–H groups in total. The number of aliphatic hydroxyl groups is 7. The first-order chi connectivity index (χ1) is 21.4. The number of ether oxygens (including phenoxy) is 4. The predicted octanol–water partition coefficient (Wildman–Crippen LogP) is 1.06. The van der Waals surface area contributed by atoms with Crippen LogP contribution >= 0.6 is 0 Å². The van der Waals surface area contributed by atoms with Crippen LogP contribution in [0.5, 0.6) is 0 Å². The van der Waals surface area contributed by atoms with Crippen molar-refractivity contribution in [2.45, 2.75) is 153 Å². The zero-order chi connectivity index (χ0) is 33.2. The van der Waals surface area contributed by atoms with Gasteiger partial charge in [-0.25, -0.2) is 0 Å². The van der Waals surface area contributed by atoms with E-state index >= 15 is 0 Å². The molecule has 11 nitrogen and oxygen atoms in total. The molecule has 262 valence electrons. The highest BCUT2D eigenvalue weighted by Gasteiger charge is 2.90. The Bertz CT molecular complexity index is 1260. The topological polar surface area (TPSA) is 179 Å². The van der Waals surface area contributed by atoms with Gasteiger partial charge in [0.1, 0.15) is 30.5 Å². The highest BCUT2D eigenvalue weighted by atomic mass is 16.8. The first kappa shape index (κ1) is 32.7. The first-order valence-corrected chi connectivity index (χ1v) is 17.7. The average Bonchev–Trinajstić information content (AvgIpc) is 3.48. The summed E-state index contributed by atoms with van der Waals surface area (Å²) in [7, 11) is 0. The third kappa shape index (κ3) is 3.58. The Balaban J connectivity index is 1.13. The molecule has 5 aliphatic carbocycles. The molecule has 11 heteroatoms. The van der Waals surface area contributed by atoms with Gasteiger partial charge in [-0.05, 0) is 92.8 Å². The fraction of sp³-hybridized carbons (Fsp3) is 1.00. The normalized spacial score (nSPS) is 61.6. The highest BCUT2D eigenvalue weighted by molar-refractivity contribution is 5.36. The second kappa shape index (κ2) is 9.66. The van der Waals surface area contributed by atoms with E-state index in [1.807, 2.05) is 0 Å². The van der Waals surface area contributed by atoms with Gasteiger partial charge in [0.25, 0.3) is 0 Å². The molecule has 0 aromatic heterocycles. The van der Waals surface area contributed by atoms with Crippen molar-refractivity contribution in [3.8, 4) is 0 Å². The zero-order valence-corrected chi connectivity index (χ0v) is 28.1. The van der Waals surface area contributed by atoms with E-state index in [1.165, 1.54) is 0 Å². The Morgan fingerprint density at radius 1 is 0.870 bits per heavy atom. The molecule has 46 heavy (non-hydrogen) atoms. The van der Waals surface area contributed by atoms with Gasteiger partial charge >= 0.3 is 0 Å². The third-order valence-electron chi connectivity index (χ3n) is 16.0. The van der Waals surface area contributed by atoms with Crippen LogP contribution in [0.15, 0.2) is 0 Å². The minimum atomic E-state index is -1.42. The minimum Gasteiger partial charge on any atom is -0.396 e. The van der Waals surface area contributed by atoms with Gasteiger partial charge < -0.3 is 54.7 Å². The summed E-state index contributed by atoms with van der Waals surface area (Å²) in [5.41, 5.74) is -3.28. The number of hydrogen-bond donors (Lipinski definition) is 7. The lowest BCUT2D eigenvalue weighted by Gasteiger charge is -2.65. The molecule has 0 unspecified atom stereocenters. The van der Waals surface area contributed by atoms with Crippen LogP contribution in [0.25, 0.3) is 0 Å². The smallest absolute Gasteiger partial charge is 0.199 e. The van der Waals surface area contributed by atoms with Gasteiger partial charge in [-0.1, -0.05) is 27.7 Å². The van der Waals surface area contributed by atoms with Crippen LogP contribution in [0.2, 0.25) is 0 Å². The van der Waals surface area contributed by atoms with Crippen LogP contribution < -0.4 is 0 Å². The minimum absolute atomic E-state index is 0.0383. The van der Waals surface area contributed by atoms with E-state index in [2.05, 4.69) is 27.7 Å². The van der Waals surface area contributed by atoms with Gasteiger partial charge in [0.2, 0.25) is 0 Å². The van der Waals surface area contributed by atoms with Crippen molar-refractivity contribution >= 4 is 0 Å². The predicted molar refractivity (Wildman–Crippen MR) is 162 cm³/mol. The van der Waals surface area contributed by atoms with Crippen LogP contribution in [0.1, 0.15) is 86.5 Å². The summed E-state index contributed by atoms with van der Waals surface area (Å²) in [6.45, 7) is 11.9. The Hall–Kier alpha value is -0.440. The molecule has 3 heterocycles. The van der Waals surface area contributed by atoms with E-state index in [4.69, 9.17) is 18.9 Å². The third-order valence-corrected chi connectivity index (χ3v) is 16.0. The number of rotatable bonds is 4. The van der Waals surface area contributed by atoms with Crippen LogP contribution in [0.3, 0.4) is 0 Å². The van der Waals surface area contributed by atoms with Crippen molar-refractivity contribution in [3.05, 3.63) is 0 Å². The van der Waals surface area contributed by atoms with Crippen LogP contribution in [0.4, 0.5) is 0 Å².